The van der Waals surface area contributed by atoms with Crippen LogP contribution < -0.4 is 4.90 Å². The van der Waals surface area contributed by atoms with Crippen LogP contribution in [0.3, 0.4) is 0 Å². The monoisotopic (exact) mass is 632 g/mol. The average molecular weight is 633 g/mol. The second-order valence-corrected chi connectivity index (χ2v) is 13.4. The van der Waals surface area contributed by atoms with Gasteiger partial charge >= 0.3 is 0 Å². The van der Waals surface area contributed by atoms with Crippen molar-refractivity contribution in [2.24, 2.45) is 5.92 Å². The van der Waals surface area contributed by atoms with Crippen molar-refractivity contribution in [1.29, 1.82) is 0 Å². The van der Waals surface area contributed by atoms with Crippen LogP contribution in [0.25, 0.3) is 49.1 Å². The van der Waals surface area contributed by atoms with Gasteiger partial charge < -0.3 is 4.90 Å². The van der Waals surface area contributed by atoms with Gasteiger partial charge in [-0.25, -0.2) is 4.98 Å². The van der Waals surface area contributed by atoms with E-state index in [9.17, 15) is 0 Å². The zero-order valence-corrected chi connectivity index (χ0v) is 27.1. The minimum absolute atomic E-state index is 0.222. The number of nitrogens with zero attached hydrogens (tertiary/aromatic N) is 2. The summed E-state index contributed by atoms with van der Waals surface area (Å²) in [5.41, 5.74) is 13.2. The fourth-order valence-electron chi connectivity index (χ4n) is 7.06. The molecule has 9 rings (SSSR count). The van der Waals surface area contributed by atoms with E-state index < -0.39 is 0 Å². The third-order valence-corrected chi connectivity index (χ3v) is 10.5. The molecule has 6 aromatic carbocycles. The molecule has 7 aromatic rings. The van der Waals surface area contributed by atoms with Crippen LogP contribution in [-0.4, -0.2) is 4.98 Å². The topological polar surface area (TPSA) is 16.1 Å². The minimum Gasteiger partial charge on any atom is -0.311 e. The Balaban J connectivity index is 1.10. The summed E-state index contributed by atoms with van der Waals surface area (Å²) in [7, 11) is 0. The second kappa shape index (κ2) is 12.1. The maximum absolute atomic E-state index is 5.22. The first-order chi connectivity index (χ1) is 23.8. The summed E-state index contributed by atoms with van der Waals surface area (Å²) in [6.07, 6.45) is 11.8. The molecule has 0 spiro atoms. The van der Waals surface area contributed by atoms with E-state index in [2.05, 4.69) is 187 Å². The Bertz CT molecular complexity index is 2230. The van der Waals surface area contributed by atoms with Gasteiger partial charge in [0.2, 0.25) is 0 Å². The lowest BCUT2D eigenvalue weighted by Gasteiger charge is -2.34. The first-order valence-electron chi connectivity index (χ1n) is 16.5. The van der Waals surface area contributed by atoms with Gasteiger partial charge in [-0.2, -0.15) is 0 Å². The van der Waals surface area contributed by atoms with Crippen LogP contribution in [0.4, 0.5) is 11.4 Å². The summed E-state index contributed by atoms with van der Waals surface area (Å²) in [5.74, 6) is 0.450. The SMILES string of the molecule is C1=CC2c3c(ccc4sc(-c5ccccc5)nc34)C=CC2C=C1N(c1ccc(-c2ccccc2)cc1)c1ccc(-c2ccccc2)cc1. The van der Waals surface area contributed by atoms with Crippen molar-refractivity contribution < 1.29 is 0 Å². The highest BCUT2D eigenvalue weighted by molar-refractivity contribution is 7.21. The number of allylic oxidation sites excluding steroid dienone is 4. The van der Waals surface area contributed by atoms with Crippen LogP contribution in [0.15, 0.2) is 182 Å². The van der Waals surface area contributed by atoms with Gasteiger partial charge in [0.15, 0.2) is 0 Å². The number of hydrogen-bond acceptors (Lipinski definition) is 3. The number of benzene rings is 6. The molecule has 0 bridgehead atoms. The molecule has 0 amide bonds. The summed E-state index contributed by atoms with van der Waals surface area (Å²) >= 11 is 1.78. The van der Waals surface area contributed by atoms with Crippen LogP contribution in [-0.2, 0) is 0 Å². The lowest BCUT2D eigenvalue weighted by Crippen LogP contribution is -2.22. The van der Waals surface area contributed by atoms with Crippen molar-refractivity contribution in [2.75, 3.05) is 4.90 Å². The summed E-state index contributed by atoms with van der Waals surface area (Å²) in [6.45, 7) is 0. The van der Waals surface area contributed by atoms with Crippen LogP contribution in [0, 0.1) is 5.92 Å². The Hall–Kier alpha value is -5.77. The van der Waals surface area contributed by atoms with Crippen molar-refractivity contribution in [3.63, 3.8) is 0 Å². The molecule has 3 heteroatoms. The summed E-state index contributed by atoms with van der Waals surface area (Å²) in [6, 6.07) is 54.0. The van der Waals surface area contributed by atoms with Crippen molar-refractivity contribution in [3.8, 4) is 32.8 Å². The van der Waals surface area contributed by atoms with E-state index in [-0.39, 0.29) is 11.8 Å². The van der Waals surface area contributed by atoms with Crippen LogP contribution in [0.5, 0.6) is 0 Å². The van der Waals surface area contributed by atoms with Crippen LogP contribution >= 0.6 is 11.3 Å². The molecule has 2 aliphatic rings. The average Bonchev–Trinajstić information content (AvgIpc) is 3.61. The first kappa shape index (κ1) is 28.5. The second-order valence-electron chi connectivity index (χ2n) is 12.4. The van der Waals surface area contributed by atoms with E-state index in [1.165, 1.54) is 49.3 Å². The van der Waals surface area contributed by atoms with E-state index in [0.29, 0.717) is 0 Å². The molecule has 0 saturated heterocycles. The maximum Gasteiger partial charge on any atom is 0.124 e. The largest absolute Gasteiger partial charge is 0.311 e. The molecule has 0 radical (unpaired) electrons. The van der Waals surface area contributed by atoms with Gasteiger partial charge in [0, 0.05) is 34.5 Å². The number of hydrogen-bond donors (Lipinski definition) is 0. The molecule has 2 aliphatic carbocycles. The fourth-order valence-corrected chi connectivity index (χ4v) is 8.05. The quantitative estimate of drug-likeness (QED) is 0.181. The molecule has 0 aliphatic heterocycles. The highest BCUT2D eigenvalue weighted by atomic mass is 32.1. The smallest absolute Gasteiger partial charge is 0.124 e. The van der Waals surface area contributed by atoms with Crippen molar-refractivity contribution in [1.82, 2.24) is 4.98 Å². The minimum atomic E-state index is 0.222. The standard InChI is InChI=1S/C45H32N2S/c1-4-10-31(11-5-1)33-18-23-38(24-19-33)47(39-25-20-34(21-26-39)32-12-6-2-7-13-32)40-27-28-41-37(30-40)17-16-35-22-29-42-44(43(35)41)46-45(48-42)36-14-8-3-9-15-36/h1-30,37,41H. The van der Waals surface area contributed by atoms with Gasteiger partial charge in [-0.1, -0.05) is 146 Å². The molecule has 2 nitrogen and oxygen atoms in total. The van der Waals surface area contributed by atoms with Crippen LogP contribution in [0.2, 0.25) is 0 Å². The molecule has 0 fully saturated rings. The Labute approximate surface area is 285 Å². The highest BCUT2D eigenvalue weighted by Crippen LogP contribution is 2.46. The third kappa shape index (κ3) is 5.19. The molecule has 0 saturated carbocycles. The molecular weight excluding hydrogens is 601 g/mol. The third-order valence-electron chi connectivity index (χ3n) is 9.46. The normalized spacial score (nSPS) is 16.3. The van der Waals surface area contributed by atoms with E-state index in [1.54, 1.807) is 11.3 Å². The summed E-state index contributed by atoms with van der Waals surface area (Å²) < 4.78 is 1.24. The lowest BCUT2D eigenvalue weighted by molar-refractivity contribution is 0.687. The van der Waals surface area contributed by atoms with E-state index >= 15 is 0 Å². The number of fused-ring (bicyclic) bond motifs is 5. The molecule has 2 atom stereocenters. The van der Waals surface area contributed by atoms with Gasteiger partial charge in [-0.15, -0.1) is 11.3 Å². The van der Waals surface area contributed by atoms with Crippen LogP contribution in [0.1, 0.15) is 17.0 Å². The van der Waals surface area contributed by atoms with E-state index in [4.69, 9.17) is 4.98 Å². The predicted octanol–water partition coefficient (Wildman–Crippen LogP) is 12.3. The molecular formula is C45H32N2S. The van der Waals surface area contributed by atoms with Gasteiger partial charge in [-0.05, 0) is 69.8 Å². The highest BCUT2D eigenvalue weighted by Gasteiger charge is 2.30. The van der Waals surface area contributed by atoms with E-state index in [0.717, 1.165) is 21.9 Å². The lowest BCUT2D eigenvalue weighted by atomic mass is 9.76. The molecule has 2 unspecified atom stereocenters. The Kier molecular flexibility index (Phi) is 7.18. The zero-order chi connectivity index (χ0) is 31.9. The number of aromatic nitrogens is 1. The van der Waals surface area contributed by atoms with Crippen molar-refractivity contribution in [3.05, 3.63) is 193 Å². The van der Waals surface area contributed by atoms with Crippen molar-refractivity contribution in [2.45, 2.75) is 5.92 Å². The molecule has 1 heterocycles. The Morgan fingerprint density at radius 1 is 0.500 bits per heavy atom. The first-order valence-corrected chi connectivity index (χ1v) is 17.3. The molecule has 1 aromatic heterocycles. The number of anilines is 2. The molecule has 228 valence electrons. The predicted molar refractivity (Wildman–Crippen MR) is 203 cm³/mol. The van der Waals surface area contributed by atoms with Gasteiger partial charge in [0.25, 0.3) is 0 Å². The van der Waals surface area contributed by atoms with Gasteiger partial charge in [-0.3, -0.25) is 0 Å². The summed E-state index contributed by atoms with van der Waals surface area (Å²) in [5, 5.41) is 1.07. The number of thiazole rings is 1. The van der Waals surface area contributed by atoms with Gasteiger partial charge in [0.05, 0.1) is 10.2 Å². The Morgan fingerprint density at radius 2 is 1.04 bits per heavy atom. The van der Waals surface area contributed by atoms with Crippen molar-refractivity contribution >= 4 is 39.0 Å². The summed E-state index contributed by atoms with van der Waals surface area (Å²) in [4.78, 5) is 7.61. The molecule has 0 N–H and O–H groups in total. The maximum atomic E-state index is 5.22. The Morgan fingerprint density at radius 3 is 1.62 bits per heavy atom. The van der Waals surface area contributed by atoms with Gasteiger partial charge in [0.1, 0.15) is 5.01 Å². The zero-order valence-electron chi connectivity index (χ0n) is 26.3. The molecule has 48 heavy (non-hydrogen) atoms. The van der Waals surface area contributed by atoms with E-state index in [1.807, 2.05) is 0 Å². The number of rotatable bonds is 6. The fraction of sp³-hybridized carbons (Fsp3) is 0.0444.